The molecule has 1 spiro atoms. The van der Waals surface area contributed by atoms with E-state index in [0.29, 0.717) is 62.4 Å². The summed E-state index contributed by atoms with van der Waals surface area (Å²) in [6.45, 7) is 4.32. The zero-order valence-corrected chi connectivity index (χ0v) is 27.2. The summed E-state index contributed by atoms with van der Waals surface area (Å²) in [6.07, 6.45) is -2.83. The molecule has 0 bridgehead atoms. The fourth-order valence-electron chi connectivity index (χ4n) is 7.48. The first-order chi connectivity index (χ1) is 22.9. The van der Waals surface area contributed by atoms with Gasteiger partial charge in [-0.1, -0.05) is 36.7 Å². The third-order valence-corrected chi connectivity index (χ3v) is 10.1. The zero-order chi connectivity index (χ0) is 34.2. The molecule has 48 heavy (non-hydrogen) atoms. The number of hydrogen-bond acceptors (Lipinski definition) is 8. The van der Waals surface area contributed by atoms with Gasteiger partial charge in [0.05, 0.1) is 0 Å². The molecule has 0 aliphatic carbocycles. The number of halogens is 4. The first-order valence-corrected chi connectivity index (χ1v) is 16.6. The van der Waals surface area contributed by atoms with Gasteiger partial charge in [-0.15, -0.1) is 0 Å². The van der Waals surface area contributed by atoms with Crippen LogP contribution in [0.2, 0.25) is 5.02 Å². The average Bonchev–Trinajstić information content (AvgIpc) is 3.72. The Morgan fingerprint density at radius 2 is 1.83 bits per heavy atom. The monoisotopic (exact) mass is 686 g/mol. The Hall–Kier alpha value is -4.10. The molecule has 3 atom stereocenters. The van der Waals surface area contributed by atoms with Crippen LogP contribution in [-0.2, 0) is 4.79 Å². The van der Waals surface area contributed by atoms with Gasteiger partial charge in [0, 0.05) is 54.4 Å². The number of piperidine rings is 1. The van der Waals surface area contributed by atoms with Gasteiger partial charge in [0.1, 0.15) is 11.9 Å². The van der Waals surface area contributed by atoms with E-state index in [-0.39, 0.29) is 45.3 Å². The Bertz CT molecular complexity index is 1680. The average molecular weight is 687 g/mol. The highest BCUT2D eigenvalue weighted by molar-refractivity contribution is 6.30. The van der Waals surface area contributed by atoms with E-state index in [2.05, 4.69) is 15.3 Å². The number of nitrogens with zero attached hydrogens (tertiary/aromatic N) is 4. The highest BCUT2D eigenvalue weighted by Crippen LogP contribution is 2.46. The highest BCUT2D eigenvalue weighted by atomic mass is 35.5. The predicted molar refractivity (Wildman–Crippen MR) is 175 cm³/mol. The second-order valence-corrected chi connectivity index (χ2v) is 13.3. The van der Waals surface area contributed by atoms with Crippen LogP contribution in [0.3, 0.4) is 0 Å². The molecule has 4 heterocycles. The first-order valence-electron chi connectivity index (χ1n) is 16.2. The Labute approximate surface area is 281 Å². The number of hydrogen-bond donors (Lipinski definition) is 3. The number of carbonyl (C=O) groups excluding carboxylic acids is 1. The summed E-state index contributed by atoms with van der Waals surface area (Å²) in [7, 11) is 0. The van der Waals surface area contributed by atoms with Crippen molar-refractivity contribution in [1.82, 2.24) is 20.2 Å². The minimum absolute atomic E-state index is 0.0512. The number of amides is 1. The van der Waals surface area contributed by atoms with Crippen LogP contribution in [-0.4, -0.2) is 76.3 Å². The minimum Gasteiger partial charge on any atom is -0.480 e. The molecule has 1 aromatic heterocycles. The normalized spacial score (nSPS) is 21.4. The molecule has 1 amide bonds. The van der Waals surface area contributed by atoms with Gasteiger partial charge in [-0.25, -0.2) is 0 Å². The fourth-order valence-corrected chi connectivity index (χ4v) is 7.65. The topological polar surface area (TPSA) is 134 Å². The Morgan fingerprint density at radius 1 is 1.10 bits per heavy atom. The van der Waals surface area contributed by atoms with Crippen molar-refractivity contribution in [2.24, 2.45) is 5.41 Å². The second kappa shape index (κ2) is 13.4. The maximum Gasteiger partial charge on any atom is 0.429 e. The Kier molecular flexibility index (Phi) is 9.45. The summed E-state index contributed by atoms with van der Waals surface area (Å²) in [5.41, 5.74) is 6.52. The number of rotatable bonds is 8. The molecule has 10 nitrogen and oxygen atoms in total. The molecule has 256 valence electrons. The molecule has 14 heteroatoms. The Balaban J connectivity index is 1.27. The number of likely N-dealkylation sites (tertiary alicyclic amines) is 1. The van der Waals surface area contributed by atoms with E-state index in [4.69, 9.17) is 22.1 Å². The third kappa shape index (κ3) is 6.88. The molecular weight excluding hydrogens is 649 g/mol. The van der Waals surface area contributed by atoms with E-state index < -0.39 is 24.3 Å². The quantitative estimate of drug-likeness (QED) is 0.257. The van der Waals surface area contributed by atoms with E-state index >= 15 is 0 Å². The van der Waals surface area contributed by atoms with Gasteiger partial charge in [0.15, 0.2) is 0 Å². The molecule has 2 unspecified atom stereocenters. The number of ether oxygens (including phenoxy) is 1. The van der Waals surface area contributed by atoms with Gasteiger partial charge >= 0.3 is 12.1 Å². The van der Waals surface area contributed by atoms with Crippen LogP contribution in [0, 0.1) is 5.41 Å². The van der Waals surface area contributed by atoms with Gasteiger partial charge in [0.25, 0.3) is 5.91 Å². The van der Waals surface area contributed by atoms with Crippen molar-refractivity contribution in [3.63, 3.8) is 0 Å². The molecular formula is C34H38ClF3N6O4. The number of carboxylic acids is 1. The van der Waals surface area contributed by atoms with E-state index in [1.165, 1.54) is 24.3 Å². The van der Waals surface area contributed by atoms with Crippen LogP contribution in [0.4, 0.5) is 24.9 Å². The van der Waals surface area contributed by atoms with Crippen LogP contribution in [0.1, 0.15) is 67.5 Å². The fraction of sp³-hybridized carbons (Fsp3) is 0.471. The highest BCUT2D eigenvalue weighted by Gasteiger charge is 2.50. The lowest BCUT2D eigenvalue weighted by molar-refractivity contribution is -0.198. The van der Waals surface area contributed by atoms with Crippen molar-refractivity contribution in [1.29, 1.82) is 0 Å². The number of carbonyl (C=O) groups is 2. The minimum atomic E-state index is -4.87. The van der Waals surface area contributed by atoms with E-state index in [1.54, 1.807) is 29.2 Å². The molecule has 3 saturated heterocycles. The predicted octanol–water partition coefficient (Wildman–Crippen LogP) is 6.11. The molecule has 2 aromatic carbocycles. The standard InChI is InChI=1S/C34H38ClF3N6O4/c1-2-26-33(19-25(40-26)31(46)47)10-14-43(15-11-33)27-18-28(42-32(39)41-27)48-29(34(36,37)38)23-9-8-22(35)17-24(23)20-6-5-7-21(16-20)30(45)44-12-3-4-13-44/h5-9,16-18,25-26,29,40H,2-4,10-15,19H2,1H3,(H,46,47)(H2,39,41,42)/t25?,26?,29-/m1/s1. The number of nitrogen functional groups attached to an aromatic ring is 1. The van der Waals surface area contributed by atoms with Crippen LogP contribution < -0.4 is 20.7 Å². The zero-order valence-electron chi connectivity index (χ0n) is 26.5. The van der Waals surface area contributed by atoms with E-state index in [1.807, 2.05) is 11.8 Å². The molecule has 0 saturated carbocycles. The van der Waals surface area contributed by atoms with Crippen molar-refractivity contribution in [2.45, 2.75) is 69.8 Å². The number of anilines is 2. The van der Waals surface area contributed by atoms with Gasteiger partial charge in [-0.05, 0) is 79.3 Å². The summed E-state index contributed by atoms with van der Waals surface area (Å²) in [4.78, 5) is 36.7. The molecule has 3 aromatic rings. The summed E-state index contributed by atoms with van der Waals surface area (Å²) in [5.74, 6) is -1.31. The van der Waals surface area contributed by atoms with Crippen LogP contribution in [0.5, 0.6) is 5.88 Å². The van der Waals surface area contributed by atoms with Crippen LogP contribution >= 0.6 is 11.6 Å². The number of aromatic nitrogens is 2. The molecule has 3 aliphatic rings. The van der Waals surface area contributed by atoms with Crippen molar-refractivity contribution in [2.75, 3.05) is 36.8 Å². The van der Waals surface area contributed by atoms with Crippen LogP contribution in [0.25, 0.3) is 11.1 Å². The number of nitrogens with two attached hydrogens (primary N) is 1. The number of aliphatic carboxylic acids is 1. The van der Waals surface area contributed by atoms with Crippen molar-refractivity contribution in [3.8, 4) is 17.0 Å². The van der Waals surface area contributed by atoms with Gasteiger partial charge < -0.3 is 30.7 Å². The summed E-state index contributed by atoms with van der Waals surface area (Å²) >= 11 is 6.29. The maximum atomic E-state index is 14.8. The lowest BCUT2D eigenvalue weighted by atomic mass is 9.71. The number of alkyl halides is 3. The smallest absolute Gasteiger partial charge is 0.429 e. The third-order valence-electron chi connectivity index (χ3n) is 9.90. The van der Waals surface area contributed by atoms with Gasteiger partial charge in [0.2, 0.25) is 17.9 Å². The molecule has 6 rings (SSSR count). The number of carboxylic acid groups (broad SMARTS) is 1. The van der Waals surface area contributed by atoms with E-state index in [9.17, 15) is 27.9 Å². The molecule has 4 N–H and O–H groups in total. The second-order valence-electron chi connectivity index (χ2n) is 12.8. The molecule has 0 radical (unpaired) electrons. The largest absolute Gasteiger partial charge is 0.480 e. The lowest BCUT2D eigenvalue weighted by Crippen LogP contribution is -2.46. The number of nitrogens with one attached hydrogen (secondary N) is 1. The van der Waals surface area contributed by atoms with Gasteiger partial charge in [-0.3, -0.25) is 9.59 Å². The molecule has 3 aliphatic heterocycles. The van der Waals surface area contributed by atoms with E-state index in [0.717, 1.165) is 19.3 Å². The van der Waals surface area contributed by atoms with Crippen molar-refractivity contribution < 1.29 is 32.6 Å². The van der Waals surface area contributed by atoms with Crippen molar-refractivity contribution >= 4 is 35.2 Å². The summed E-state index contributed by atoms with van der Waals surface area (Å²) < 4.78 is 50.1. The molecule has 3 fully saturated rings. The number of benzene rings is 2. The summed E-state index contributed by atoms with van der Waals surface area (Å²) in [5, 5.41) is 13.1. The first kappa shape index (κ1) is 33.8. The van der Waals surface area contributed by atoms with Gasteiger partial charge in [-0.2, -0.15) is 23.1 Å². The SMILES string of the molecule is CCC1NC(C(=O)O)CC12CCN(c1cc(O[C@H](c3ccc(Cl)cc3-c3cccc(C(=O)N4CCCC4)c3)C(F)(F)F)nc(N)n1)CC2. The van der Waals surface area contributed by atoms with Crippen LogP contribution in [0.15, 0.2) is 48.5 Å². The summed E-state index contributed by atoms with van der Waals surface area (Å²) in [6, 6.07) is 11.3. The Morgan fingerprint density at radius 3 is 2.50 bits per heavy atom. The maximum absolute atomic E-state index is 14.8. The lowest BCUT2D eigenvalue weighted by Gasteiger charge is -2.43. The van der Waals surface area contributed by atoms with Crippen molar-refractivity contribution in [3.05, 3.63) is 64.7 Å².